The highest BCUT2D eigenvalue weighted by Gasteiger charge is 2.23. The van der Waals surface area contributed by atoms with Gasteiger partial charge in [0.05, 0.1) is 12.1 Å². The third-order valence-electron chi connectivity index (χ3n) is 3.47. The monoisotopic (exact) mass is 279 g/mol. The Hall–Kier alpha value is -1.26. The molecule has 0 bridgehead atoms. The highest BCUT2D eigenvalue weighted by Crippen LogP contribution is 2.35. The van der Waals surface area contributed by atoms with Gasteiger partial charge in [0.25, 0.3) is 0 Å². The van der Waals surface area contributed by atoms with Crippen LogP contribution >= 0.6 is 0 Å². The van der Waals surface area contributed by atoms with Crippen LogP contribution in [0.1, 0.15) is 38.3 Å². The lowest BCUT2D eigenvalue weighted by molar-refractivity contribution is 0.135. The van der Waals surface area contributed by atoms with Crippen LogP contribution in [-0.4, -0.2) is 33.0 Å². The van der Waals surface area contributed by atoms with E-state index in [1.807, 2.05) is 12.1 Å². The van der Waals surface area contributed by atoms with Crippen molar-refractivity contribution in [3.8, 4) is 11.5 Å². The standard InChI is InChI=1S/C16H25NO3/c1-4-8-17-15-11-19-16-10-13(5-6-14(15)16)20-12(2)7-9-18-3/h5-6,10,12,15,17H,4,7-9,11H2,1-3H3. The Balaban J connectivity index is 1.95. The molecule has 4 heteroatoms. The summed E-state index contributed by atoms with van der Waals surface area (Å²) in [6.07, 6.45) is 2.16. The van der Waals surface area contributed by atoms with Gasteiger partial charge in [0.15, 0.2) is 0 Å². The number of hydrogen-bond acceptors (Lipinski definition) is 4. The number of methoxy groups -OCH3 is 1. The molecular weight excluding hydrogens is 254 g/mol. The molecule has 1 aromatic rings. The molecule has 0 spiro atoms. The van der Waals surface area contributed by atoms with Gasteiger partial charge >= 0.3 is 0 Å². The van der Waals surface area contributed by atoms with Gasteiger partial charge in [0, 0.05) is 31.8 Å². The fourth-order valence-electron chi connectivity index (χ4n) is 2.33. The van der Waals surface area contributed by atoms with Gasteiger partial charge in [-0.05, 0) is 32.0 Å². The second-order valence-electron chi connectivity index (χ2n) is 5.23. The minimum absolute atomic E-state index is 0.142. The molecule has 0 aliphatic carbocycles. The van der Waals surface area contributed by atoms with Gasteiger partial charge in [-0.15, -0.1) is 0 Å². The maximum Gasteiger partial charge on any atom is 0.128 e. The van der Waals surface area contributed by atoms with E-state index < -0.39 is 0 Å². The second-order valence-corrected chi connectivity index (χ2v) is 5.23. The van der Waals surface area contributed by atoms with Crippen LogP contribution in [0, 0.1) is 0 Å². The van der Waals surface area contributed by atoms with E-state index in [-0.39, 0.29) is 6.10 Å². The van der Waals surface area contributed by atoms with Gasteiger partial charge in [0.2, 0.25) is 0 Å². The Bertz CT molecular complexity index is 422. The van der Waals surface area contributed by atoms with E-state index in [2.05, 4.69) is 25.2 Å². The number of rotatable bonds is 8. The smallest absolute Gasteiger partial charge is 0.128 e. The van der Waals surface area contributed by atoms with Crippen LogP contribution in [0.4, 0.5) is 0 Å². The molecule has 0 aromatic heterocycles. The van der Waals surface area contributed by atoms with Crippen molar-refractivity contribution < 1.29 is 14.2 Å². The molecule has 1 aromatic carbocycles. The average Bonchev–Trinajstić information content (AvgIpc) is 2.85. The van der Waals surface area contributed by atoms with E-state index in [1.165, 1.54) is 5.56 Å². The van der Waals surface area contributed by atoms with Crippen molar-refractivity contribution >= 4 is 0 Å². The molecule has 1 aliphatic rings. The third kappa shape index (κ3) is 3.87. The fourth-order valence-corrected chi connectivity index (χ4v) is 2.33. The van der Waals surface area contributed by atoms with Crippen molar-refractivity contribution in [2.45, 2.75) is 38.8 Å². The summed E-state index contributed by atoms with van der Waals surface area (Å²) in [5.41, 5.74) is 1.23. The zero-order chi connectivity index (χ0) is 14.4. The predicted molar refractivity (Wildman–Crippen MR) is 79.6 cm³/mol. The molecule has 20 heavy (non-hydrogen) atoms. The van der Waals surface area contributed by atoms with Crippen LogP contribution in [0.5, 0.6) is 11.5 Å². The summed E-state index contributed by atoms with van der Waals surface area (Å²) >= 11 is 0. The molecule has 0 saturated carbocycles. The van der Waals surface area contributed by atoms with Crippen molar-refractivity contribution in [2.24, 2.45) is 0 Å². The lowest BCUT2D eigenvalue weighted by Gasteiger charge is -2.15. The molecular formula is C16H25NO3. The first-order valence-electron chi connectivity index (χ1n) is 7.40. The minimum Gasteiger partial charge on any atom is -0.491 e. The van der Waals surface area contributed by atoms with Crippen molar-refractivity contribution in [1.82, 2.24) is 5.32 Å². The number of benzene rings is 1. The highest BCUT2D eigenvalue weighted by molar-refractivity contribution is 5.45. The maximum absolute atomic E-state index is 5.88. The summed E-state index contributed by atoms with van der Waals surface area (Å²) < 4.78 is 16.7. The summed E-state index contributed by atoms with van der Waals surface area (Å²) in [5.74, 6) is 1.80. The molecule has 112 valence electrons. The number of fused-ring (bicyclic) bond motifs is 1. The van der Waals surface area contributed by atoms with E-state index in [0.717, 1.165) is 30.9 Å². The third-order valence-corrected chi connectivity index (χ3v) is 3.47. The topological polar surface area (TPSA) is 39.7 Å². The average molecular weight is 279 g/mol. The van der Waals surface area contributed by atoms with Gasteiger partial charge in [0.1, 0.15) is 18.1 Å². The summed E-state index contributed by atoms with van der Waals surface area (Å²) in [6.45, 7) is 6.66. The quantitative estimate of drug-likeness (QED) is 0.794. The molecule has 2 unspecified atom stereocenters. The Kier molecular flexibility index (Phi) is 5.68. The zero-order valence-electron chi connectivity index (χ0n) is 12.6. The van der Waals surface area contributed by atoms with E-state index >= 15 is 0 Å². The lowest BCUT2D eigenvalue weighted by Crippen LogP contribution is -2.22. The minimum atomic E-state index is 0.142. The molecule has 2 rings (SSSR count). The van der Waals surface area contributed by atoms with Crippen LogP contribution in [-0.2, 0) is 4.74 Å². The van der Waals surface area contributed by atoms with Crippen molar-refractivity contribution in [1.29, 1.82) is 0 Å². The van der Waals surface area contributed by atoms with Crippen LogP contribution in [0.25, 0.3) is 0 Å². The van der Waals surface area contributed by atoms with E-state index in [0.29, 0.717) is 19.3 Å². The van der Waals surface area contributed by atoms with E-state index in [9.17, 15) is 0 Å². The van der Waals surface area contributed by atoms with Gasteiger partial charge < -0.3 is 19.5 Å². The first-order valence-corrected chi connectivity index (χ1v) is 7.40. The number of hydrogen-bond donors (Lipinski definition) is 1. The zero-order valence-corrected chi connectivity index (χ0v) is 12.6. The van der Waals surface area contributed by atoms with Crippen LogP contribution in [0.2, 0.25) is 0 Å². The first kappa shape index (κ1) is 15.1. The summed E-state index contributed by atoms with van der Waals surface area (Å²) in [5, 5.41) is 3.49. The maximum atomic E-state index is 5.88. The molecule has 1 N–H and O–H groups in total. The Morgan fingerprint density at radius 1 is 1.45 bits per heavy atom. The predicted octanol–water partition coefficient (Wildman–Crippen LogP) is 2.92. The van der Waals surface area contributed by atoms with Gasteiger partial charge in [-0.25, -0.2) is 0 Å². The molecule has 0 radical (unpaired) electrons. The van der Waals surface area contributed by atoms with E-state index in [4.69, 9.17) is 14.2 Å². The first-order chi connectivity index (χ1) is 9.74. The SMILES string of the molecule is CCCNC1COc2cc(OC(C)CCOC)ccc21. The van der Waals surface area contributed by atoms with E-state index in [1.54, 1.807) is 7.11 Å². The largest absolute Gasteiger partial charge is 0.491 e. The van der Waals surface area contributed by atoms with Gasteiger partial charge in [-0.2, -0.15) is 0 Å². The Morgan fingerprint density at radius 2 is 2.30 bits per heavy atom. The molecule has 4 nitrogen and oxygen atoms in total. The lowest BCUT2D eigenvalue weighted by atomic mass is 10.1. The summed E-state index contributed by atoms with van der Waals surface area (Å²) in [7, 11) is 1.71. The molecule has 1 aliphatic heterocycles. The van der Waals surface area contributed by atoms with Crippen molar-refractivity contribution in [2.75, 3.05) is 26.9 Å². The van der Waals surface area contributed by atoms with Crippen LogP contribution in [0.3, 0.4) is 0 Å². The molecule has 2 atom stereocenters. The Labute approximate surface area is 121 Å². The molecule has 0 amide bonds. The highest BCUT2D eigenvalue weighted by atomic mass is 16.5. The van der Waals surface area contributed by atoms with Gasteiger partial charge in [-0.3, -0.25) is 0 Å². The molecule has 0 fully saturated rings. The summed E-state index contributed by atoms with van der Waals surface area (Å²) in [6, 6.07) is 6.43. The number of ether oxygens (including phenoxy) is 3. The summed E-state index contributed by atoms with van der Waals surface area (Å²) in [4.78, 5) is 0. The van der Waals surface area contributed by atoms with Crippen LogP contribution < -0.4 is 14.8 Å². The molecule has 1 heterocycles. The van der Waals surface area contributed by atoms with Gasteiger partial charge in [-0.1, -0.05) is 6.92 Å². The van der Waals surface area contributed by atoms with Crippen LogP contribution in [0.15, 0.2) is 18.2 Å². The fraction of sp³-hybridized carbons (Fsp3) is 0.625. The molecule has 0 saturated heterocycles. The number of nitrogens with one attached hydrogen (secondary N) is 1. The van der Waals surface area contributed by atoms with Crippen molar-refractivity contribution in [3.05, 3.63) is 23.8 Å². The second kappa shape index (κ2) is 7.50. The normalized spacial score (nSPS) is 18.4. The Morgan fingerprint density at radius 3 is 3.05 bits per heavy atom. The van der Waals surface area contributed by atoms with Crippen molar-refractivity contribution in [3.63, 3.8) is 0 Å².